The average Bonchev–Trinajstić information content (AvgIpc) is 3.76. The van der Waals surface area contributed by atoms with E-state index in [1.54, 1.807) is 6.92 Å². The first-order chi connectivity index (χ1) is 34.4. The highest BCUT2D eigenvalue weighted by Crippen LogP contribution is 2.42. The normalized spacial score (nSPS) is 12.1. The molecule has 0 spiro atoms. The number of unbranched alkanes of at least 4 members (excludes halogenated alkanes) is 24. The lowest BCUT2D eigenvalue weighted by molar-refractivity contribution is -0.170. The Morgan fingerprint density at radius 2 is 0.958 bits per heavy atom. The van der Waals surface area contributed by atoms with Crippen LogP contribution in [0.2, 0.25) is 0 Å². The van der Waals surface area contributed by atoms with Crippen LogP contribution in [-0.2, 0) is 65.4 Å². The fourth-order valence-corrected chi connectivity index (χ4v) is 8.67. The molecule has 71 heavy (non-hydrogen) atoms. The van der Waals surface area contributed by atoms with Gasteiger partial charge in [0.25, 0.3) is 0 Å². The second-order valence-corrected chi connectivity index (χ2v) is 19.3. The van der Waals surface area contributed by atoms with Crippen molar-refractivity contribution < 1.29 is 67.0 Å². The molecule has 0 unspecified atom stereocenters. The van der Waals surface area contributed by atoms with Crippen LogP contribution in [0, 0.1) is 6.92 Å². The van der Waals surface area contributed by atoms with E-state index in [0.717, 1.165) is 44.1 Å². The van der Waals surface area contributed by atoms with Gasteiger partial charge in [-0.05, 0) is 45.1 Å². The molecule has 0 saturated heterocycles. The number of phenolic OH excluding ortho intramolecular Hbond substituents is 1. The molecule has 0 bridgehead atoms. The van der Waals surface area contributed by atoms with Crippen LogP contribution in [-0.4, -0.2) is 74.1 Å². The number of carbonyl (C=O) groups excluding carboxylic acids is 6. The van der Waals surface area contributed by atoms with E-state index < -0.39 is 48.7 Å². The van der Waals surface area contributed by atoms with Crippen LogP contribution >= 0.6 is 0 Å². The molecule has 1 aromatic carbocycles. The van der Waals surface area contributed by atoms with Crippen molar-refractivity contribution in [2.45, 2.75) is 252 Å². The fourth-order valence-electron chi connectivity index (χ4n) is 8.67. The molecule has 1 N–H and O–H groups in total. The molecular weight excluding hydrogens is 909 g/mol. The largest absolute Gasteiger partial charge is 0.507 e. The molecule has 1 aliphatic rings. The number of phenols is 1. The molecule has 404 valence electrons. The summed E-state index contributed by atoms with van der Waals surface area (Å²) < 4.78 is 37.1. The number of allylic oxidation sites excluding steroid dienone is 2. The molecule has 2 rings (SSSR count). The predicted molar refractivity (Wildman–Crippen MR) is 274 cm³/mol. The Bertz CT molecular complexity index is 1690. The van der Waals surface area contributed by atoms with Crippen LogP contribution in [0.1, 0.15) is 253 Å². The Balaban J connectivity index is 1.73. The topological polar surface area (TPSA) is 187 Å². The van der Waals surface area contributed by atoms with E-state index in [1.165, 1.54) is 123 Å². The molecule has 0 amide bonds. The van der Waals surface area contributed by atoms with Gasteiger partial charge in [-0.1, -0.05) is 180 Å². The molecular formula is C57H92O14. The minimum absolute atomic E-state index is 0.0137. The van der Waals surface area contributed by atoms with Crippen molar-refractivity contribution in [2.75, 3.05) is 27.1 Å². The van der Waals surface area contributed by atoms with Gasteiger partial charge in [0.15, 0.2) is 6.10 Å². The maximum absolute atomic E-state index is 12.8. The second kappa shape index (κ2) is 39.9. The van der Waals surface area contributed by atoms with Gasteiger partial charge >= 0.3 is 35.8 Å². The highest BCUT2D eigenvalue weighted by Gasteiger charge is 2.32. The van der Waals surface area contributed by atoms with Gasteiger partial charge in [0.2, 0.25) is 6.79 Å². The number of methoxy groups -OCH3 is 1. The number of hydrogen-bond donors (Lipinski definition) is 1. The van der Waals surface area contributed by atoms with Gasteiger partial charge in [0.1, 0.15) is 36.9 Å². The lowest BCUT2D eigenvalue weighted by atomic mass is 9.94. The van der Waals surface area contributed by atoms with Crippen molar-refractivity contribution in [1.29, 1.82) is 0 Å². The van der Waals surface area contributed by atoms with Crippen molar-refractivity contribution in [1.82, 2.24) is 0 Å². The van der Waals surface area contributed by atoms with E-state index >= 15 is 0 Å². The highest BCUT2D eigenvalue weighted by molar-refractivity contribution is 5.98. The monoisotopic (exact) mass is 1000 g/mol. The predicted octanol–water partition coefficient (Wildman–Crippen LogP) is 13.4. The van der Waals surface area contributed by atoms with Crippen LogP contribution in [0.5, 0.6) is 11.5 Å². The molecule has 1 heterocycles. The molecule has 1 aliphatic heterocycles. The van der Waals surface area contributed by atoms with Crippen molar-refractivity contribution >= 4 is 35.8 Å². The number of rotatable bonds is 44. The summed E-state index contributed by atoms with van der Waals surface area (Å²) in [6, 6.07) is 0. The first-order valence-corrected chi connectivity index (χ1v) is 27.5. The highest BCUT2D eigenvalue weighted by atomic mass is 16.7. The first-order valence-electron chi connectivity index (χ1n) is 27.5. The summed E-state index contributed by atoms with van der Waals surface area (Å²) in [6.45, 7) is 6.94. The first kappa shape index (κ1) is 62.5. The summed E-state index contributed by atoms with van der Waals surface area (Å²) in [6.07, 6.45) is 32.1. The fraction of sp³-hybridized carbons (Fsp3) is 0.754. The van der Waals surface area contributed by atoms with Crippen LogP contribution in [0.4, 0.5) is 0 Å². The zero-order chi connectivity index (χ0) is 51.9. The lowest BCUT2D eigenvalue weighted by Crippen LogP contribution is -2.31. The van der Waals surface area contributed by atoms with Crippen molar-refractivity contribution in [3.8, 4) is 11.5 Å². The van der Waals surface area contributed by atoms with E-state index in [4.69, 9.17) is 33.2 Å². The summed E-state index contributed by atoms with van der Waals surface area (Å²) in [5.74, 6) is -3.33. The number of ether oxygens (including phenoxy) is 7. The van der Waals surface area contributed by atoms with Crippen LogP contribution < -0.4 is 4.74 Å². The number of esters is 6. The maximum atomic E-state index is 12.8. The Morgan fingerprint density at radius 1 is 0.563 bits per heavy atom. The molecule has 0 aliphatic carbocycles. The van der Waals surface area contributed by atoms with Gasteiger partial charge in [-0.2, -0.15) is 0 Å². The number of fused-ring (bicyclic) bond motifs is 1. The van der Waals surface area contributed by atoms with Crippen molar-refractivity contribution in [3.63, 3.8) is 0 Å². The summed E-state index contributed by atoms with van der Waals surface area (Å²) >= 11 is 0. The third-order valence-corrected chi connectivity index (χ3v) is 13.1. The van der Waals surface area contributed by atoms with Gasteiger partial charge in [-0.3, -0.25) is 24.0 Å². The molecule has 0 aromatic heterocycles. The van der Waals surface area contributed by atoms with Crippen molar-refractivity contribution in [2.24, 2.45) is 0 Å². The Kier molecular flexibility index (Phi) is 35.1. The number of hydrogen-bond acceptors (Lipinski definition) is 14. The standard InChI is InChI=1S/C57H92O14/c1-6-8-10-12-14-16-18-20-22-24-26-28-30-32-49(58)66-40-46(41-67-50(59)33-31-29-27-25-23-21-19-17-15-13-11-9-7-2)71-53(62)39-38-52(61)70-43-69-51(60)37-35-44(3)34-36-47-55(63)54-48(42-68-57(54)64)45(4)56(47)65-5/h34,46,63H,6-33,35-43H2,1-5H3/b44-34+. The Labute approximate surface area is 426 Å². The SMILES string of the molecule is CCCCCCCCCCCCCCCC(=O)OCC(COC(=O)CCCCCCCCCCCCCCC)OC(=O)CCC(=O)OCOC(=O)CC/C(C)=C/Cc1c(O)c2c(c(C)c1OC)COC2=O. The molecule has 14 heteroatoms. The van der Waals surface area contributed by atoms with Gasteiger partial charge in [-0.15, -0.1) is 0 Å². The average molecular weight is 1000 g/mol. The van der Waals surface area contributed by atoms with Crippen molar-refractivity contribution in [3.05, 3.63) is 33.9 Å². The van der Waals surface area contributed by atoms with Gasteiger partial charge in [-0.25, -0.2) is 4.79 Å². The van der Waals surface area contributed by atoms with E-state index in [0.29, 0.717) is 41.7 Å². The second-order valence-electron chi connectivity index (χ2n) is 19.3. The summed E-state index contributed by atoms with van der Waals surface area (Å²) in [7, 11) is 1.49. The third-order valence-electron chi connectivity index (χ3n) is 13.1. The summed E-state index contributed by atoms with van der Waals surface area (Å²) in [5, 5.41) is 10.8. The number of aromatic hydroxyl groups is 1. The number of carbonyl (C=O) groups is 6. The van der Waals surface area contributed by atoms with Crippen LogP contribution in [0.25, 0.3) is 0 Å². The summed E-state index contributed by atoms with van der Waals surface area (Å²) in [5.41, 5.74) is 2.71. The Morgan fingerprint density at radius 3 is 1.39 bits per heavy atom. The van der Waals surface area contributed by atoms with Gasteiger partial charge < -0.3 is 38.3 Å². The van der Waals surface area contributed by atoms with E-state index in [1.807, 2.05) is 13.0 Å². The minimum Gasteiger partial charge on any atom is -0.507 e. The van der Waals surface area contributed by atoms with E-state index in [2.05, 4.69) is 13.8 Å². The van der Waals surface area contributed by atoms with E-state index in [-0.39, 0.29) is 69.7 Å². The third kappa shape index (κ3) is 28.9. The number of benzene rings is 1. The molecule has 0 radical (unpaired) electrons. The zero-order valence-corrected chi connectivity index (χ0v) is 44.6. The number of cyclic esters (lactones) is 1. The van der Waals surface area contributed by atoms with Crippen LogP contribution in [0.3, 0.4) is 0 Å². The molecule has 0 fully saturated rings. The quantitative estimate of drug-likeness (QED) is 0.0214. The maximum Gasteiger partial charge on any atom is 0.342 e. The summed E-state index contributed by atoms with van der Waals surface area (Å²) in [4.78, 5) is 75.2. The molecule has 0 atom stereocenters. The minimum atomic E-state index is -1.05. The molecule has 0 saturated carbocycles. The zero-order valence-electron chi connectivity index (χ0n) is 44.6. The molecule has 14 nitrogen and oxygen atoms in total. The van der Waals surface area contributed by atoms with Gasteiger partial charge in [0.05, 0.1) is 20.0 Å². The Hall–Kier alpha value is -4.62. The lowest BCUT2D eigenvalue weighted by Gasteiger charge is -2.18. The molecule has 1 aromatic rings. The van der Waals surface area contributed by atoms with E-state index in [9.17, 15) is 33.9 Å². The smallest absolute Gasteiger partial charge is 0.342 e. The van der Waals surface area contributed by atoms with Gasteiger partial charge in [0, 0.05) is 30.4 Å². The van der Waals surface area contributed by atoms with Crippen LogP contribution in [0.15, 0.2) is 11.6 Å².